The molecule has 1 aromatic rings. The van der Waals surface area contributed by atoms with E-state index < -0.39 is 5.82 Å². The standard InChI is InChI=1S/C12H15FN2O/c1-8-6-9(14)7-10(11(8)13)12(16)15-4-2-3-5-15/h6-7H,2-5,14H2,1H3. The number of nitrogens with zero attached hydrogens (tertiary/aromatic N) is 1. The molecule has 1 fully saturated rings. The number of amides is 1. The molecule has 0 atom stereocenters. The second-order valence-electron chi connectivity index (χ2n) is 4.20. The Labute approximate surface area is 94.0 Å². The summed E-state index contributed by atoms with van der Waals surface area (Å²) in [5.41, 5.74) is 6.57. The lowest BCUT2D eigenvalue weighted by atomic mass is 10.1. The minimum Gasteiger partial charge on any atom is -0.399 e. The predicted molar refractivity (Wildman–Crippen MR) is 60.7 cm³/mol. The monoisotopic (exact) mass is 222 g/mol. The van der Waals surface area contributed by atoms with E-state index in [4.69, 9.17) is 5.73 Å². The van der Waals surface area contributed by atoms with Gasteiger partial charge in [-0.1, -0.05) is 0 Å². The van der Waals surface area contributed by atoms with Gasteiger partial charge >= 0.3 is 0 Å². The van der Waals surface area contributed by atoms with Crippen LogP contribution in [0.3, 0.4) is 0 Å². The van der Waals surface area contributed by atoms with E-state index in [0.29, 0.717) is 24.3 Å². The molecule has 2 rings (SSSR count). The Kier molecular flexibility index (Phi) is 2.81. The highest BCUT2D eigenvalue weighted by molar-refractivity contribution is 5.95. The highest BCUT2D eigenvalue weighted by Gasteiger charge is 2.23. The number of carbonyl (C=O) groups excluding carboxylic acids is 1. The van der Waals surface area contributed by atoms with Crippen molar-refractivity contribution in [2.24, 2.45) is 0 Å². The average molecular weight is 222 g/mol. The molecule has 1 heterocycles. The van der Waals surface area contributed by atoms with Crippen molar-refractivity contribution in [3.8, 4) is 0 Å². The molecule has 1 aromatic carbocycles. The largest absolute Gasteiger partial charge is 0.399 e. The molecule has 0 aliphatic carbocycles. The van der Waals surface area contributed by atoms with Crippen LogP contribution in [0.2, 0.25) is 0 Å². The fourth-order valence-corrected chi connectivity index (χ4v) is 2.04. The number of rotatable bonds is 1. The van der Waals surface area contributed by atoms with Crippen LogP contribution in [-0.2, 0) is 0 Å². The molecule has 3 nitrogen and oxygen atoms in total. The quantitative estimate of drug-likeness (QED) is 0.738. The van der Waals surface area contributed by atoms with Crippen molar-refractivity contribution >= 4 is 11.6 Å². The summed E-state index contributed by atoms with van der Waals surface area (Å²) in [7, 11) is 0. The molecular weight excluding hydrogens is 207 g/mol. The number of hydrogen-bond donors (Lipinski definition) is 1. The van der Waals surface area contributed by atoms with E-state index in [9.17, 15) is 9.18 Å². The number of aryl methyl sites for hydroxylation is 1. The first kappa shape index (κ1) is 10.9. The number of carbonyl (C=O) groups is 1. The summed E-state index contributed by atoms with van der Waals surface area (Å²) >= 11 is 0. The molecule has 1 aliphatic rings. The van der Waals surface area contributed by atoms with Gasteiger partial charge in [0.1, 0.15) is 5.82 Å². The van der Waals surface area contributed by atoms with Gasteiger partial charge in [0.15, 0.2) is 0 Å². The van der Waals surface area contributed by atoms with Crippen LogP contribution >= 0.6 is 0 Å². The van der Waals surface area contributed by atoms with E-state index in [1.807, 2.05) is 0 Å². The van der Waals surface area contributed by atoms with Crippen molar-refractivity contribution in [1.29, 1.82) is 0 Å². The third-order valence-corrected chi connectivity index (χ3v) is 2.90. The summed E-state index contributed by atoms with van der Waals surface area (Å²) in [6.45, 7) is 3.05. The van der Waals surface area contributed by atoms with Crippen molar-refractivity contribution in [3.63, 3.8) is 0 Å². The summed E-state index contributed by atoms with van der Waals surface area (Å²) < 4.78 is 13.8. The summed E-state index contributed by atoms with van der Waals surface area (Å²) in [5.74, 6) is -0.698. The van der Waals surface area contributed by atoms with E-state index in [1.165, 1.54) is 12.1 Å². The van der Waals surface area contributed by atoms with Gasteiger partial charge < -0.3 is 10.6 Å². The Morgan fingerprint density at radius 2 is 2.00 bits per heavy atom. The second kappa shape index (κ2) is 4.12. The number of nitrogens with two attached hydrogens (primary N) is 1. The van der Waals surface area contributed by atoms with Crippen LogP contribution in [0.15, 0.2) is 12.1 Å². The summed E-state index contributed by atoms with van der Waals surface area (Å²) in [6.07, 6.45) is 1.99. The number of benzene rings is 1. The van der Waals surface area contributed by atoms with E-state index in [-0.39, 0.29) is 11.5 Å². The van der Waals surface area contributed by atoms with Crippen molar-refractivity contribution in [1.82, 2.24) is 4.90 Å². The van der Waals surface area contributed by atoms with Crippen molar-refractivity contribution < 1.29 is 9.18 Å². The predicted octanol–water partition coefficient (Wildman–Crippen LogP) is 1.95. The highest BCUT2D eigenvalue weighted by atomic mass is 19.1. The zero-order valence-electron chi connectivity index (χ0n) is 9.29. The molecule has 1 aliphatic heterocycles. The molecule has 16 heavy (non-hydrogen) atoms. The highest BCUT2D eigenvalue weighted by Crippen LogP contribution is 2.20. The maximum Gasteiger partial charge on any atom is 0.256 e. The first-order chi connectivity index (χ1) is 7.59. The van der Waals surface area contributed by atoms with E-state index >= 15 is 0 Å². The van der Waals surface area contributed by atoms with Gasteiger partial charge in [0.05, 0.1) is 5.56 Å². The minimum absolute atomic E-state index is 0.0967. The molecule has 2 N–H and O–H groups in total. The average Bonchev–Trinajstić information content (AvgIpc) is 2.75. The Balaban J connectivity index is 2.35. The maximum absolute atomic E-state index is 13.8. The molecule has 0 spiro atoms. The van der Waals surface area contributed by atoms with Gasteiger partial charge in [-0.2, -0.15) is 0 Å². The number of halogens is 1. The van der Waals surface area contributed by atoms with Crippen LogP contribution in [0.1, 0.15) is 28.8 Å². The van der Waals surface area contributed by atoms with Crippen LogP contribution in [0.5, 0.6) is 0 Å². The van der Waals surface area contributed by atoms with E-state index in [1.54, 1.807) is 11.8 Å². The lowest BCUT2D eigenvalue weighted by Gasteiger charge is -2.16. The van der Waals surface area contributed by atoms with E-state index in [2.05, 4.69) is 0 Å². The van der Waals surface area contributed by atoms with Gasteiger partial charge in [0, 0.05) is 18.8 Å². The third kappa shape index (κ3) is 1.87. The van der Waals surface area contributed by atoms with Crippen molar-refractivity contribution in [2.45, 2.75) is 19.8 Å². The second-order valence-corrected chi connectivity index (χ2v) is 4.20. The van der Waals surface area contributed by atoms with Crippen LogP contribution in [0.25, 0.3) is 0 Å². The molecule has 1 amide bonds. The maximum atomic E-state index is 13.8. The van der Waals surface area contributed by atoms with Gasteiger partial charge in [0.2, 0.25) is 0 Å². The molecule has 0 bridgehead atoms. The van der Waals surface area contributed by atoms with Crippen LogP contribution in [-0.4, -0.2) is 23.9 Å². The van der Waals surface area contributed by atoms with Crippen LogP contribution < -0.4 is 5.73 Å². The minimum atomic E-state index is -0.453. The fraction of sp³-hybridized carbons (Fsp3) is 0.417. The molecule has 0 saturated carbocycles. The zero-order chi connectivity index (χ0) is 11.7. The smallest absolute Gasteiger partial charge is 0.256 e. The van der Waals surface area contributed by atoms with Gasteiger partial charge in [-0.05, 0) is 37.5 Å². The number of hydrogen-bond acceptors (Lipinski definition) is 2. The first-order valence-electron chi connectivity index (χ1n) is 5.44. The third-order valence-electron chi connectivity index (χ3n) is 2.90. The summed E-state index contributed by atoms with van der Waals surface area (Å²) in [5, 5.41) is 0. The lowest BCUT2D eigenvalue weighted by Crippen LogP contribution is -2.28. The molecule has 4 heteroatoms. The number of nitrogen functional groups attached to an aromatic ring is 1. The van der Waals surface area contributed by atoms with E-state index in [0.717, 1.165) is 12.8 Å². The number of anilines is 1. The van der Waals surface area contributed by atoms with Gasteiger partial charge in [0.25, 0.3) is 5.91 Å². The Hall–Kier alpha value is -1.58. The summed E-state index contributed by atoms with van der Waals surface area (Å²) in [6, 6.07) is 2.96. The molecular formula is C12H15FN2O. The van der Waals surface area contributed by atoms with Gasteiger partial charge in [-0.15, -0.1) is 0 Å². The van der Waals surface area contributed by atoms with Crippen molar-refractivity contribution in [2.75, 3.05) is 18.8 Å². The van der Waals surface area contributed by atoms with Crippen LogP contribution in [0.4, 0.5) is 10.1 Å². The van der Waals surface area contributed by atoms with Gasteiger partial charge in [-0.25, -0.2) is 4.39 Å². The lowest BCUT2D eigenvalue weighted by molar-refractivity contribution is 0.0788. The molecule has 0 radical (unpaired) electrons. The Bertz CT molecular complexity index is 425. The zero-order valence-corrected chi connectivity index (χ0v) is 9.29. The summed E-state index contributed by atoms with van der Waals surface area (Å²) in [4.78, 5) is 13.7. The fourth-order valence-electron chi connectivity index (χ4n) is 2.04. The normalized spacial score (nSPS) is 15.5. The Morgan fingerprint density at radius 3 is 2.62 bits per heavy atom. The topological polar surface area (TPSA) is 46.3 Å². The molecule has 0 aromatic heterocycles. The molecule has 1 saturated heterocycles. The van der Waals surface area contributed by atoms with Crippen molar-refractivity contribution in [3.05, 3.63) is 29.1 Å². The molecule has 0 unspecified atom stereocenters. The first-order valence-corrected chi connectivity index (χ1v) is 5.44. The SMILES string of the molecule is Cc1cc(N)cc(C(=O)N2CCCC2)c1F. The van der Waals surface area contributed by atoms with Gasteiger partial charge in [-0.3, -0.25) is 4.79 Å². The number of likely N-dealkylation sites (tertiary alicyclic amines) is 1. The van der Waals surface area contributed by atoms with Crippen LogP contribution in [0, 0.1) is 12.7 Å². The Morgan fingerprint density at radius 1 is 1.38 bits per heavy atom. The molecule has 86 valence electrons.